The first kappa shape index (κ1) is 14.4. The number of nitrogens with one attached hydrogen (secondary N) is 2. The van der Waals surface area contributed by atoms with Crippen LogP contribution in [0.4, 0.5) is 5.69 Å². The SMILES string of the molecule is CCCCC(CC)CNCc1cccc2c1NCC2. The summed E-state index contributed by atoms with van der Waals surface area (Å²) in [6, 6.07) is 6.68. The molecule has 2 rings (SSSR count). The number of rotatable bonds is 8. The molecular formula is C17H28N2. The van der Waals surface area contributed by atoms with E-state index in [4.69, 9.17) is 0 Å². The van der Waals surface area contributed by atoms with Crippen LogP contribution in [0.1, 0.15) is 50.7 Å². The molecule has 0 amide bonds. The lowest BCUT2D eigenvalue weighted by Crippen LogP contribution is -2.22. The van der Waals surface area contributed by atoms with Crippen molar-refractivity contribution in [1.29, 1.82) is 0 Å². The van der Waals surface area contributed by atoms with Crippen molar-refractivity contribution in [2.45, 2.75) is 52.5 Å². The largest absolute Gasteiger partial charge is 0.384 e. The zero-order valence-electron chi connectivity index (χ0n) is 12.5. The van der Waals surface area contributed by atoms with E-state index in [1.165, 1.54) is 48.9 Å². The summed E-state index contributed by atoms with van der Waals surface area (Å²) < 4.78 is 0. The Morgan fingerprint density at radius 3 is 3.00 bits per heavy atom. The van der Waals surface area contributed by atoms with Crippen LogP contribution in [0.25, 0.3) is 0 Å². The molecule has 1 aromatic carbocycles. The summed E-state index contributed by atoms with van der Waals surface area (Å²) in [6.45, 7) is 7.84. The fraction of sp³-hybridized carbons (Fsp3) is 0.647. The fourth-order valence-corrected chi connectivity index (χ4v) is 2.91. The maximum absolute atomic E-state index is 3.65. The molecule has 1 aromatic rings. The second kappa shape index (κ2) is 7.54. The van der Waals surface area contributed by atoms with Gasteiger partial charge in [0.15, 0.2) is 0 Å². The quantitative estimate of drug-likeness (QED) is 0.739. The Balaban J connectivity index is 1.81. The van der Waals surface area contributed by atoms with E-state index >= 15 is 0 Å². The van der Waals surface area contributed by atoms with Gasteiger partial charge < -0.3 is 10.6 Å². The van der Waals surface area contributed by atoms with Crippen molar-refractivity contribution in [3.63, 3.8) is 0 Å². The zero-order chi connectivity index (χ0) is 13.5. The Morgan fingerprint density at radius 2 is 2.21 bits per heavy atom. The van der Waals surface area contributed by atoms with Crippen molar-refractivity contribution in [3.05, 3.63) is 29.3 Å². The highest BCUT2D eigenvalue weighted by Gasteiger charge is 2.13. The number of fused-ring (bicyclic) bond motifs is 1. The van der Waals surface area contributed by atoms with Crippen molar-refractivity contribution >= 4 is 5.69 Å². The maximum Gasteiger partial charge on any atom is 0.0419 e. The van der Waals surface area contributed by atoms with E-state index in [0.717, 1.165) is 25.6 Å². The van der Waals surface area contributed by atoms with Crippen LogP contribution in [0.15, 0.2) is 18.2 Å². The zero-order valence-corrected chi connectivity index (χ0v) is 12.5. The third kappa shape index (κ3) is 3.97. The number of benzene rings is 1. The lowest BCUT2D eigenvalue weighted by Gasteiger charge is -2.16. The molecule has 1 aliphatic heterocycles. The van der Waals surface area contributed by atoms with E-state index in [1.807, 2.05) is 0 Å². The second-order valence-electron chi connectivity index (χ2n) is 5.68. The molecule has 2 heteroatoms. The molecule has 0 bridgehead atoms. The van der Waals surface area contributed by atoms with Crippen LogP contribution < -0.4 is 10.6 Å². The molecule has 0 saturated heterocycles. The molecule has 2 nitrogen and oxygen atoms in total. The first-order valence-corrected chi connectivity index (χ1v) is 7.90. The Hall–Kier alpha value is -1.02. The molecular weight excluding hydrogens is 232 g/mol. The smallest absolute Gasteiger partial charge is 0.0419 e. The number of hydrogen-bond donors (Lipinski definition) is 2. The third-order valence-corrected chi connectivity index (χ3v) is 4.22. The Morgan fingerprint density at radius 1 is 1.32 bits per heavy atom. The fourth-order valence-electron chi connectivity index (χ4n) is 2.91. The van der Waals surface area contributed by atoms with Gasteiger partial charge in [-0.25, -0.2) is 0 Å². The molecule has 1 aliphatic rings. The van der Waals surface area contributed by atoms with Crippen molar-refractivity contribution in [2.24, 2.45) is 5.92 Å². The van der Waals surface area contributed by atoms with Crippen LogP contribution in [0, 0.1) is 5.92 Å². The van der Waals surface area contributed by atoms with Crippen LogP contribution in [-0.4, -0.2) is 13.1 Å². The highest BCUT2D eigenvalue weighted by atomic mass is 14.9. The Labute approximate surface area is 118 Å². The highest BCUT2D eigenvalue weighted by Crippen LogP contribution is 2.26. The standard InChI is InChI=1S/C17H28N2/c1-3-5-7-14(4-2)12-18-13-16-9-6-8-15-10-11-19-17(15)16/h6,8-9,14,18-19H,3-5,7,10-13H2,1-2H3. The average molecular weight is 260 g/mol. The summed E-state index contributed by atoms with van der Waals surface area (Å²) >= 11 is 0. The summed E-state index contributed by atoms with van der Waals surface area (Å²) in [5.41, 5.74) is 4.30. The van der Waals surface area contributed by atoms with Crippen molar-refractivity contribution in [3.8, 4) is 0 Å². The minimum Gasteiger partial charge on any atom is -0.384 e. The van der Waals surface area contributed by atoms with E-state index in [0.29, 0.717) is 0 Å². The van der Waals surface area contributed by atoms with Crippen LogP contribution in [0.5, 0.6) is 0 Å². The Kier molecular flexibility index (Phi) is 5.71. The molecule has 1 heterocycles. The topological polar surface area (TPSA) is 24.1 Å². The van der Waals surface area contributed by atoms with Crippen LogP contribution in [0.3, 0.4) is 0 Å². The molecule has 0 aliphatic carbocycles. The molecule has 0 spiro atoms. The predicted molar refractivity (Wildman–Crippen MR) is 83.6 cm³/mol. The summed E-state index contributed by atoms with van der Waals surface area (Å²) in [6.07, 6.45) is 6.51. The number of unbranched alkanes of at least 4 members (excludes halogenated alkanes) is 1. The van der Waals surface area contributed by atoms with E-state index in [2.05, 4.69) is 42.7 Å². The van der Waals surface area contributed by atoms with Crippen molar-refractivity contribution in [2.75, 3.05) is 18.4 Å². The molecule has 2 N–H and O–H groups in total. The number of para-hydroxylation sites is 1. The average Bonchev–Trinajstić information content (AvgIpc) is 2.91. The van der Waals surface area contributed by atoms with E-state index in [1.54, 1.807) is 0 Å². The maximum atomic E-state index is 3.65. The van der Waals surface area contributed by atoms with Crippen LogP contribution in [-0.2, 0) is 13.0 Å². The predicted octanol–water partition coefficient (Wildman–Crippen LogP) is 3.96. The molecule has 0 aromatic heterocycles. The van der Waals surface area contributed by atoms with Gasteiger partial charge in [-0.15, -0.1) is 0 Å². The first-order valence-electron chi connectivity index (χ1n) is 7.90. The first-order chi connectivity index (χ1) is 9.35. The van der Waals surface area contributed by atoms with Gasteiger partial charge in [0.1, 0.15) is 0 Å². The third-order valence-electron chi connectivity index (χ3n) is 4.22. The van der Waals surface area contributed by atoms with Gasteiger partial charge in [-0.1, -0.05) is 51.3 Å². The number of hydrogen-bond acceptors (Lipinski definition) is 2. The molecule has 106 valence electrons. The van der Waals surface area contributed by atoms with E-state index in [9.17, 15) is 0 Å². The van der Waals surface area contributed by atoms with Crippen molar-refractivity contribution in [1.82, 2.24) is 5.32 Å². The van der Waals surface area contributed by atoms with Gasteiger partial charge in [0.2, 0.25) is 0 Å². The molecule has 1 unspecified atom stereocenters. The number of anilines is 1. The van der Waals surface area contributed by atoms with Gasteiger partial charge in [0, 0.05) is 18.8 Å². The monoisotopic (exact) mass is 260 g/mol. The van der Waals surface area contributed by atoms with E-state index in [-0.39, 0.29) is 0 Å². The van der Waals surface area contributed by atoms with Crippen LogP contribution >= 0.6 is 0 Å². The van der Waals surface area contributed by atoms with Crippen molar-refractivity contribution < 1.29 is 0 Å². The van der Waals surface area contributed by atoms with Gasteiger partial charge in [-0.2, -0.15) is 0 Å². The minimum absolute atomic E-state index is 0.838. The van der Waals surface area contributed by atoms with Gasteiger partial charge in [-0.3, -0.25) is 0 Å². The molecule has 0 fully saturated rings. The minimum atomic E-state index is 0.838. The van der Waals surface area contributed by atoms with Gasteiger partial charge >= 0.3 is 0 Å². The summed E-state index contributed by atoms with van der Waals surface area (Å²) in [4.78, 5) is 0. The molecule has 0 radical (unpaired) electrons. The summed E-state index contributed by atoms with van der Waals surface area (Å²) in [5.74, 6) is 0.838. The van der Waals surface area contributed by atoms with Gasteiger partial charge in [0.05, 0.1) is 0 Å². The normalized spacial score (nSPS) is 15.1. The van der Waals surface area contributed by atoms with Gasteiger partial charge in [-0.05, 0) is 36.4 Å². The Bertz CT molecular complexity index is 387. The lowest BCUT2D eigenvalue weighted by molar-refractivity contribution is 0.419. The summed E-state index contributed by atoms with van der Waals surface area (Å²) in [7, 11) is 0. The molecule has 19 heavy (non-hydrogen) atoms. The second-order valence-corrected chi connectivity index (χ2v) is 5.68. The summed E-state index contributed by atoms with van der Waals surface area (Å²) in [5, 5.41) is 7.17. The lowest BCUT2D eigenvalue weighted by atomic mass is 9.99. The van der Waals surface area contributed by atoms with Crippen LogP contribution in [0.2, 0.25) is 0 Å². The molecule has 1 atom stereocenters. The van der Waals surface area contributed by atoms with Gasteiger partial charge in [0.25, 0.3) is 0 Å². The van der Waals surface area contributed by atoms with E-state index < -0.39 is 0 Å². The highest BCUT2D eigenvalue weighted by molar-refractivity contribution is 5.61. The molecule has 0 saturated carbocycles.